The minimum atomic E-state index is -0.599. The van der Waals surface area contributed by atoms with E-state index in [1.165, 1.54) is 6.07 Å². The molecule has 1 heterocycles. The summed E-state index contributed by atoms with van der Waals surface area (Å²) in [6.45, 7) is 5.47. The van der Waals surface area contributed by atoms with Crippen LogP contribution in [0.2, 0.25) is 10.2 Å². The fourth-order valence-corrected chi connectivity index (χ4v) is 2.40. The first-order valence-corrected chi connectivity index (χ1v) is 7.95. The zero-order valence-corrected chi connectivity index (χ0v) is 14.9. The Morgan fingerprint density at radius 1 is 1.36 bits per heavy atom. The minimum absolute atomic E-state index is 0.0255. The van der Waals surface area contributed by atoms with Crippen LogP contribution < -0.4 is 15.8 Å². The molecular weight excluding hydrogens is 367 g/mol. The number of benzene rings is 1. The second-order valence-electron chi connectivity index (χ2n) is 4.91. The Hall–Kier alpha value is -2.51. The van der Waals surface area contributed by atoms with Gasteiger partial charge in [-0.2, -0.15) is 0 Å². The number of anilines is 1. The lowest BCUT2D eigenvalue weighted by molar-refractivity contribution is 0.174. The molecule has 0 fully saturated rings. The van der Waals surface area contributed by atoms with Gasteiger partial charge in [-0.1, -0.05) is 35.8 Å². The number of aromatic nitrogens is 2. The molecule has 132 valence electrons. The van der Waals surface area contributed by atoms with Crippen molar-refractivity contribution in [2.45, 2.75) is 6.92 Å². The first-order valence-electron chi connectivity index (χ1n) is 7.19. The standard InChI is InChI=1S/C16H16Cl2N4O3/c1-9(2)25-16(23)20-6-7-24-12-5-3-4-10(17)14(12)11-8-13(18)22-15(19)21-11/h3-5,8H,1,6-7H2,2H3,(H,20,23)(H2,19,21,22). The van der Waals surface area contributed by atoms with Gasteiger partial charge in [-0.05, 0) is 19.1 Å². The van der Waals surface area contributed by atoms with Crippen molar-refractivity contribution in [2.24, 2.45) is 0 Å². The van der Waals surface area contributed by atoms with E-state index in [4.69, 9.17) is 38.4 Å². The Morgan fingerprint density at radius 3 is 2.80 bits per heavy atom. The van der Waals surface area contributed by atoms with Crippen LogP contribution in [-0.4, -0.2) is 29.2 Å². The molecular formula is C16H16Cl2N4O3. The molecule has 2 rings (SSSR count). The number of nitrogen functional groups attached to an aromatic ring is 1. The van der Waals surface area contributed by atoms with Gasteiger partial charge in [0, 0.05) is 6.07 Å². The number of amides is 1. The van der Waals surface area contributed by atoms with Gasteiger partial charge in [-0.15, -0.1) is 0 Å². The van der Waals surface area contributed by atoms with E-state index in [1.807, 2.05) is 0 Å². The Balaban J connectivity index is 2.10. The molecule has 1 aromatic heterocycles. The largest absolute Gasteiger partial charge is 0.491 e. The van der Waals surface area contributed by atoms with E-state index < -0.39 is 6.09 Å². The fourth-order valence-electron chi connectivity index (χ4n) is 1.94. The van der Waals surface area contributed by atoms with Gasteiger partial charge in [0.1, 0.15) is 17.5 Å². The Morgan fingerprint density at radius 2 is 2.12 bits per heavy atom. The van der Waals surface area contributed by atoms with Crippen molar-refractivity contribution in [3.63, 3.8) is 0 Å². The third kappa shape index (κ3) is 5.51. The number of alkyl carbamates (subject to hydrolysis) is 1. The highest BCUT2D eigenvalue weighted by Crippen LogP contribution is 2.36. The van der Waals surface area contributed by atoms with Gasteiger partial charge in [0.15, 0.2) is 0 Å². The Bertz CT molecular complexity index is 779. The molecule has 0 aliphatic carbocycles. The summed E-state index contributed by atoms with van der Waals surface area (Å²) < 4.78 is 10.5. The van der Waals surface area contributed by atoms with Crippen LogP contribution in [0.3, 0.4) is 0 Å². The van der Waals surface area contributed by atoms with Crippen LogP contribution in [0.1, 0.15) is 6.92 Å². The van der Waals surface area contributed by atoms with Crippen molar-refractivity contribution in [2.75, 3.05) is 18.9 Å². The van der Waals surface area contributed by atoms with E-state index in [2.05, 4.69) is 21.9 Å². The second-order valence-corrected chi connectivity index (χ2v) is 5.71. The van der Waals surface area contributed by atoms with Crippen molar-refractivity contribution in [3.05, 3.63) is 46.8 Å². The van der Waals surface area contributed by atoms with E-state index in [-0.39, 0.29) is 24.3 Å². The van der Waals surface area contributed by atoms with Gasteiger partial charge in [0.05, 0.1) is 28.6 Å². The topological polar surface area (TPSA) is 99.4 Å². The second kappa shape index (κ2) is 8.55. The number of carbonyl (C=O) groups excluding carboxylic acids is 1. The highest BCUT2D eigenvalue weighted by Gasteiger charge is 2.14. The summed E-state index contributed by atoms with van der Waals surface area (Å²) in [5.74, 6) is 0.795. The van der Waals surface area contributed by atoms with E-state index in [1.54, 1.807) is 25.1 Å². The Kier molecular flexibility index (Phi) is 6.44. The molecule has 7 nitrogen and oxygen atoms in total. The van der Waals surface area contributed by atoms with E-state index in [0.29, 0.717) is 27.8 Å². The maximum absolute atomic E-state index is 11.4. The van der Waals surface area contributed by atoms with Gasteiger partial charge < -0.3 is 20.5 Å². The van der Waals surface area contributed by atoms with Crippen LogP contribution in [0.15, 0.2) is 36.6 Å². The van der Waals surface area contributed by atoms with E-state index in [9.17, 15) is 4.79 Å². The molecule has 0 spiro atoms. The monoisotopic (exact) mass is 382 g/mol. The number of nitrogens with two attached hydrogens (primary N) is 1. The molecule has 0 bridgehead atoms. The van der Waals surface area contributed by atoms with Crippen molar-refractivity contribution in [1.29, 1.82) is 0 Å². The maximum Gasteiger partial charge on any atom is 0.412 e. The van der Waals surface area contributed by atoms with Gasteiger partial charge in [-0.25, -0.2) is 14.8 Å². The molecule has 0 radical (unpaired) electrons. The molecule has 0 atom stereocenters. The first kappa shape index (κ1) is 18.8. The van der Waals surface area contributed by atoms with Crippen LogP contribution >= 0.6 is 23.2 Å². The third-order valence-electron chi connectivity index (χ3n) is 2.84. The molecule has 0 saturated heterocycles. The highest BCUT2D eigenvalue weighted by atomic mass is 35.5. The fraction of sp³-hybridized carbons (Fsp3) is 0.188. The van der Waals surface area contributed by atoms with Crippen molar-refractivity contribution in [3.8, 4) is 17.0 Å². The van der Waals surface area contributed by atoms with Crippen molar-refractivity contribution in [1.82, 2.24) is 15.3 Å². The molecule has 0 aliphatic rings. The average molecular weight is 383 g/mol. The molecule has 1 aromatic carbocycles. The zero-order valence-electron chi connectivity index (χ0n) is 13.4. The normalized spacial score (nSPS) is 10.2. The molecule has 0 aliphatic heterocycles. The molecule has 2 aromatic rings. The number of allylic oxidation sites excluding steroid dienone is 1. The molecule has 1 amide bonds. The van der Waals surface area contributed by atoms with Gasteiger partial charge in [0.25, 0.3) is 0 Å². The summed E-state index contributed by atoms with van der Waals surface area (Å²) in [5.41, 5.74) is 6.60. The number of carbonyl (C=O) groups is 1. The molecule has 25 heavy (non-hydrogen) atoms. The van der Waals surface area contributed by atoms with Crippen LogP contribution in [0, 0.1) is 0 Å². The van der Waals surface area contributed by atoms with Gasteiger partial charge in [0.2, 0.25) is 5.95 Å². The van der Waals surface area contributed by atoms with E-state index >= 15 is 0 Å². The number of rotatable bonds is 6. The lowest BCUT2D eigenvalue weighted by Gasteiger charge is -2.13. The predicted octanol–water partition coefficient (Wildman–Crippen LogP) is 3.67. The van der Waals surface area contributed by atoms with Crippen LogP contribution in [0.5, 0.6) is 5.75 Å². The number of nitrogens with zero attached hydrogens (tertiary/aromatic N) is 2. The lowest BCUT2D eigenvalue weighted by atomic mass is 10.1. The number of halogens is 2. The smallest absolute Gasteiger partial charge is 0.412 e. The highest BCUT2D eigenvalue weighted by molar-refractivity contribution is 6.34. The van der Waals surface area contributed by atoms with Crippen LogP contribution in [0.4, 0.5) is 10.7 Å². The van der Waals surface area contributed by atoms with Crippen LogP contribution in [0.25, 0.3) is 11.3 Å². The number of nitrogens with one attached hydrogen (secondary N) is 1. The third-order valence-corrected chi connectivity index (χ3v) is 3.35. The maximum atomic E-state index is 11.4. The summed E-state index contributed by atoms with van der Waals surface area (Å²) in [6.07, 6.45) is -0.599. The molecule has 9 heteroatoms. The lowest BCUT2D eigenvalue weighted by Crippen LogP contribution is -2.28. The summed E-state index contributed by atoms with van der Waals surface area (Å²) in [4.78, 5) is 19.3. The van der Waals surface area contributed by atoms with Gasteiger partial charge in [-0.3, -0.25) is 0 Å². The number of ether oxygens (including phenoxy) is 2. The van der Waals surface area contributed by atoms with Gasteiger partial charge >= 0.3 is 6.09 Å². The molecule has 0 unspecified atom stereocenters. The van der Waals surface area contributed by atoms with Crippen LogP contribution in [-0.2, 0) is 4.74 Å². The average Bonchev–Trinajstić information content (AvgIpc) is 2.50. The SMILES string of the molecule is C=C(C)OC(=O)NCCOc1cccc(Cl)c1-c1cc(Cl)nc(N)n1. The Labute approximate surface area is 154 Å². The first-order chi connectivity index (χ1) is 11.9. The number of hydrogen-bond donors (Lipinski definition) is 2. The zero-order chi connectivity index (χ0) is 18.4. The van der Waals surface area contributed by atoms with Crippen molar-refractivity contribution >= 4 is 35.2 Å². The molecule has 3 N–H and O–H groups in total. The predicted molar refractivity (Wildman–Crippen MR) is 96.7 cm³/mol. The number of hydrogen-bond acceptors (Lipinski definition) is 6. The van der Waals surface area contributed by atoms with Crippen molar-refractivity contribution < 1.29 is 14.3 Å². The summed E-state index contributed by atoms with van der Waals surface area (Å²) in [6, 6.07) is 6.68. The quantitative estimate of drug-likeness (QED) is 0.449. The minimum Gasteiger partial charge on any atom is -0.491 e. The summed E-state index contributed by atoms with van der Waals surface area (Å²) in [7, 11) is 0. The van der Waals surface area contributed by atoms with E-state index in [0.717, 1.165) is 0 Å². The summed E-state index contributed by atoms with van der Waals surface area (Å²) in [5, 5.41) is 3.14. The molecule has 0 saturated carbocycles. The summed E-state index contributed by atoms with van der Waals surface area (Å²) >= 11 is 12.2.